The van der Waals surface area contributed by atoms with Gasteiger partial charge in [0.15, 0.2) is 5.82 Å². The minimum absolute atomic E-state index is 0.00371. The molecule has 1 N–H and O–H groups in total. The summed E-state index contributed by atoms with van der Waals surface area (Å²) in [7, 11) is 0. The molecule has 1 aromatic heterocycles. The molecule has 7 heteroatoms. The van der Waals surface area contributed by atoms with Crippen LogP contribution in [0.1, 0.15) is 5.82 Å². The van der Waals surface area contributed by atoms with Gasteiger partial charge in [0, 0.05) is 11.9 Å². The molecule has 0 atom stereocenters. The number of benzene rings is 1. The van der Waals surface area contributed by atoms with Crippen LogP contribution in [-0.4, -0.2) is 20.2 Å². The average molecular weight is 251 g/mol. The van der Waals surface area contributed by atoms with Gasteiger partial charge in [-0.05, 0) is 35.5 Å². The number of hydrogen-bond acceptors (Lipinski definition) is 6. The highest BCUT2D eigenvalue weighted by Gasteiger charge is 2.03. The van der Waals surface area contributed by atoms with E-state index in [0.717, 1.165) is 11.4 Å². The molecule has 7 nitrogen and oxygen atoms in total. The summed E-state index contributed by atoms with van der Waals surface area (Å²) in [6, 6.07) is 10.8. The van der Waals surface area contributed by atoms with E-state index in [-0.39, 0.29) is 5.57 Å². The predicted octanol–water partition coefficient (Wildman–Crippen LogP) is 1.31. The molecule has 0 spiro atoms. The van der Waals surface area contributed by atoms with Gasteiger partial charge in [-0.2, -0.15) is 15.2 Å². The zero-order valence-corrected chi connectivity index (χ0v) is 10.1. The number of tetrazole rings is 1. The number of rotatable bonds is 3. The lowest BCUT2D eigenvalue weighted by Gasteiger charge is -2.05. The normalized spacial score (nSPS) is 9.21. The Morgan fingerprint density at radius 2 is 2.16 bits per heavy atom. The number of aromatic nitrogens is 4. The maximum Gasteiger partial charge on any atom is 0.153 e. The van der Waals surface area contributed by atoms with Gasteiger partial charge in [-0.25, -0.2) is 0 Å². The molecule has 2 rings (SSSR count). The molecule has 0 saturated carbocycles. The van der Waals surface area contributed by atoms with Gasteiger partial charge in [0.2, 0.25) is 0 Å². The molecule has 0 radical (unpaired) electrons. The summed E-state index contributed by atoms with van der Waals surface area (Å²) in [5.41, 5.74) is 1.52. The Morgan fingerprint density at radius 3 is 2.79 bits per heavy atom. The van der Waals surface area contributed by atoms with Gasteiger partial charge < -0.3 is 5.32 Å². The van der Waals surface area contributed by atoms with Crippen LogP contribution in [0.3, 0.4) is 0 Å². The quantitative estimate of drug-likeness (QED) is 0.825. The fraction of sp³-hybridized carbons (Fsp3) is 0.0833. The molecular weight excluding hydrogens is 242 g/mol. The molecule has 1 heterocycles. The summed E-state index contributed by atoms with van der Waals surface area (Å²) in [4.78, 5) is 0. The SMILES string of the molecule is Cc1nnnn1-c1cccc(NC=C(C#N)C#N)c1. The highest BCUT2D eigenvalue weighted by atomic mass is 15.5. The minimum Gasteiger partial charge on any atom is -0.360 e. The van der Waals surface area contributed by atoms with E-state index < -0.39 is 0 Å². The maximum absolute atomic E-state index is 8.63. The van der Waals surface area contributed by atoms with Crippen molar-refractivity contribution in [2.45, 2.75) is 6.92 Å². The average Bonchev–Trinajstić information content (AvgIpc) is 2.86. The summed E-state index contributed by atoms with van der Waals surface area (Å²) in [6.45, 7) is 1.80. The minimum atomic E-state index is 0.00371. The molecular formula is C12H9N7. The van der Waals surface area contributed by atoms with Gasteiger partial charge >= 0.3 is 0 Å². The monoisotopic (exact) mass is 251 g/mol. The van der Waals surface area contributed by atoms with Crippen LogP contribution in [0.25, 0.3) is 5.69 Å². The van der Waals surface area contributed by atoms with Gasteiger partial charge in [0.05, 0.1) is 5.69 Å². The lowest BCUT2D eigenvalue weighted by Crippen LogP contribution is -2.00. The van der Waals surface area contributed by atoms with E-state index in [9.17, 15) is 0 Å². The second-order valence-electron chi connectivity index (χ2n) is 3.61. The van der Waals surface area contributed by atoms with Crippen molar-refractivity contribution in [1.29, 1.82) is 10.5 Å². The number of anilines is 1. The Balaban J connectivity index is 2.27. The first-order chi connectivity index (χ1) is 9.24. The molecule has 0 amide bonds. The van der Waals surface area contributed by atoms with Crippen molar-refractivity contribution in [2.75, 3.05) is 5.32 Å². The number of allylic oxidation sites excluding steroid dienone is 1. The van der Waals surface area contributed by atoms with Gasteiger partial charge in [0.1, 0.15) is 17.7 Å². The number of nitrogens with one attached hydrogen (secondary N) is 1. The first-order valence-electron chi connectivity index (χ1n) is 5.37. The summed E-state index contributed by atoms with van der Waals surface area (Å²) in [5, 5.41) is 31.4. The van der Waals surface area contributed by atoms with Crippen LogP contribution in [0.4, 0.5) is 5.69 Å². The zero-order valence-electron chi connectivity index (χ0n) is 10.1. The van der Waals surface area contributed by atoms with Crippen LogP contribution in [0.5, 0.6) is 0 Å². The van der Waals surface area contributed by atoms with Gasteiger partial charge in [-0.3, -0.25) is 0 Å². The van der Waals surface area contributed by atoms with Crippen molar-refractivity contribution in [1.82, 2.24) is 20.2 Å². The van der Waals surface area contributed by atoms with Crippen LogP contribution < -0.4 is 5.32 Å². The fourth-order valence-electron chi connectivity index (χ4n) is 1.44. The zero-order chi connectivity index (χ0) is 13.7. The van der Waals surface area contributed by atoms with Crippen LogP contribution in [0, 0.1) is 29.6 Å². The van der Waals surface area contributed by atoms with Gasteiger partial charge in [-0.1, -0.05) is 6.07 Å². The van der Waals surface area contributed by atoms with E-state index in [1.165, 1.54) is 6.20 Å². The third-order valence-corrected chi connectivity index (χ3v) is 2.34. The van der Waals surface area contributed by atoms with Crippen LogP contribution in [-0.2, 0) is 0 Å². The topological polar surface area (TPSA) is 103 Å². The molecule has 0 fully saturated rings. The summed E-state index contributed by atoms with van der Waals surface area (Å²) in [5.74, 6) is 0.669. The van der Waals surface area contributed by atoms with E-state index in [4.69, 9.17) is 10.5 Å². The van der Waals surface area contributed by atoms with Gasteiger partial charge in [-0.15, -0.1) is 5.10 Å². The second-order valence-corrected chi connectivity index (χ2v) is 3.61. The Morgan fingerprint density at radius 1 is 1.37 bits per heavy atom. The Hall–Kier alpha value is -3.19. The third kappa shape index (κ3) is 2.73. The third-order valence-electron chi connectivity index (χ3n) is 2.34. The first kappa shape index (κ1) is 12.3. The second kappa shape index (κ2) is 5.43. The van der Waals surface area contributed by atoms with Crippen molar-refractivity contribution < 1.29 is 0 Å². The predicted molar refractivity (Wildman–Crippen MR) is 66.8 cm³/mol. The number of nitrogens with zero attached hydrogens (tertiary/aromatic N) is 6. The van der Waals surface area contributed by atoms with Crippen LogP contribution >= 0.6 is 0 Å². The van der Waals surface area contributed by atoms with E-state index in [1.807, 2.05) is 24.3 Å². The van der Waals surface area contributed by atoms with Crippen molar-refractivity contribution in [3.8, 4) is 17.8 Å². The molecule has 0 aliphatic carbocycles. The lowest BCUT2D eigenvalue weighted by molar-refractivity contribution is 0.779. The molecule has 0 aliphatic rings. The Kier molecular flexibility index (Phi) is 3.51. The summed E-state index contributed by atoms with van der Waals surface area (Å²) >= 11 is 0. The highest BCUT2D eigenvalue weighted by Crippen LogP contribution is 2.14. The summed E-state index contributed by atoms with van der Waals surface area (Å²) in [6.07, 6.45) is 1.35. The number of hydrogen-bond donors (Lipinski definition) is 1. The fourth-order valence-corrected chi connectivity index (χ4v) is 1.44. The molecule has 0 unspecified atom stereocenters. The molecule has 1 aromatic carbocycles. The van der Waals surface area contributed by atoms with E-state index in [1.54, 1.807) is 23.7 Å². The number of nitriles is 2. The highest BCUT2D eigenvalue weighted by molar-refractivity contribution is 5.54. The van der Waals surface area contributed by atoms with Crippen LogP contribution in [0.15, 0.2) is 36.0 Å². The smallest absolute Gasteiger partial charge is 0.153 e. The maximum atomic E-state index is 8.63. The van der Waals surface area contributed by atoms with E-state index in [2.05, 4.69) is 20.8 Å². The van der Waals surface area contributed by atoms with E-state index >= 15 is 0 Å². The molecule has 0 bridgehead atoms. The summed E-state index contributed by atoms with van der Waals surface area (Å²) < 4.78 is 1.59. The van der Waals surface area contributed by atoms with Gasteiger partial charge in [0.25, 0.3) is 0 Å². The lowest BCUT2D eigenvalue weighted by atomic mass is 10.2. The Bertz CT molecular complexity index is 683. The number of aryl methyl sites for hydroxylation is 1. The van der Waals surface area contributed by atoms with Crippen molar-refractivity contribution in [2.24, 2.45) is 0 Å². The van der Waals surface area contributed by atoms with E-state index in [0.29, 0.717) is 5.82 Å². The van der Waals surface area contributed by atoms with Crippen LogP contribution in [0.2, 0.25) is 0 Å². The standard InChI is InChI=1S/C12H9N7/c1-9-16-17-18-19(9)12-4-2-3-11(5-12)15-8-10(6-13)7-14/h2-5,8,15H,1H3. The van der Waals surface area contributed by atoms with Crippen molar-refractivity contribution >= 4 is 5.69 Å². The first-order valence-corrected chi connectivity index (χ1v) is 5.37. The largest absolute Gasteiger partial charge is 0.360 e. The van der Waals surface area contributed by atoms with Crippen molar-refractivity contribution in [3.63, 3.8) is 0 Å². The Labute approximate surface area is 109 Å². The molecule has 2 aromatic rings. The molecule has 92 valence electrons. The molecule has 0 saturated heterocycles. The van der Waals surface area contributed by atoms with Crippen molar-refractivity contribution in [3.05, 3.63) is 41.9 Å². The molecule has 19 heavy (non-hydrogen) atoms. The molecule has 0 aliphatic heterocycles.